The van der Waals surface area contributed by atoms with Gasteiger partial charge in [-0.2, -0.15) is 5.10 Å². The molecule has 6 nitrogen and oxygen atoms in total. The van der Waals surface area contributed by atoms with E-state index in [1.807, 2.05) is 45.0 Å². The molecule has 2 heterocycles. The van der Waals surface area contributed by atoms with Crippen LogP contribution < -0.4 is 10.2 Å². The smallest absolute Gasteiger partial charge is 0.277 e. The third-order valence-corrected chi connectivity index (χ3v) is 7.17. The zero-order valence-electron chi connectivity index (χ0n) is 20.3. The molecule has 2 aromatic rings. The lowest BCUT2D eigenvalue weighted by Crippen LogP contribution is -2.65. The van der Waals surface area contributed by atoms with Crippen molar-refractivity contribution in [3.8, 4) is 0 Å². The summed E-state index contributed by atoms with van der Waals surface area (Å²) in [6.07, 6.45) is 5.50. The molecular formula is C26H36N4O2. The van der Waals surface area contributed by atoms with E-state index < -0.39 is 5.54 Å². The van der Waals surface area contributed by atoms with Crippen molar-refractivity contribution >= 4 is 17.5 Å². The Morgan fingerprint density at radius 2 is 1.84 bits per heavy atom. The number of aryl methyl sites for hydroxylation is 1. The van der Waals surface area contributed by atoms with E-state index in [0.29, 0.717) is 12.2 Å². The lowest BCUT2D eigenvalue weighted by molar-refractivity contribution is -0.127. The number of carbonyl (C=O) groups is 2. The highest BCUT2D eigenvalue weighted by atomic mass is 16.2. The summed E-state index contributed by atoms with van der Waals surface area (Å²) >= 11 is 0. The molecule has 2 amide bonds. The minimum atomic E-state index is -1.07. The highest BCUT2D eigenvalue weighted by Crippen LogP contribution is 2.37. The third kappa shape index (κ3) is 3.84. The van der Waals surface area contributed by atoms with E-state index in [2.05, 4.69) is 26.1 Å². The average Bonchev–Trinajstić information content (AvgIpc) is 3.16. The van der Waals surface area contributed by atoms with Gasteiger partial charge in [0, 0.05) is 17.1 Å². The van der Waals surface area contributed by atoms with Gasteiger partial charge in [0.25, 0.3) is 5.91 Å². The number of nitrogens with zero attached hydrogens (tertiary/aromatic N) is 3. The lowest BCUT2D eigenvalue weighted by atomic mass is 9.90. The van der Waals surface area contributed by atoms with E-state index >= 15 is 0 Å². The van der Waals surface area contributed by atoms with Crippen LogP contribution in [-0.2, 0) is 16.8 Å². The zero-order chi connectivity index (χ0) is 23.3. The number of benzene rings is 1. The molecule has 6 heteroatoms. The monoisotopic (exact) mass is 436 g/mol. The van der Waals surface area contributed by atoms with Crippen LogP contribution in [0.15, 0.2) is 24.3 Å². The second-order valence-corrected chi connectivity index (χ2v) is 10.8. The van der Waals surface area contributed by atoms with E-state index in [0.717, 1.165) is 48.2 Å². The molecule has 1 aliphatic heterocycles. The van der Waals surface area contributed by atoms with Crippen molar-refractivity contribution in [1.82, 2.24) is 15.1 Å². The highest BCUT2D eigenvalue weighted by molar-refractivity contribution is 6.12. The summed E-state index contributed by atoms with van der Waals surface area (Å²) in [6.45, 7) is 12.5. The number of amides is 2. The molecule has 1 aromatic heterocycles. The Balaban J connectivity index is 1.81. The molecule has 4 rings (SSSR count). The Morgan fingerprint density at radius 3 is 2.50 bits per heavy atom. The molecule has 2 aliphatic rings. The first-order valence-electron chi connectivity index (χ1n) is 11.8. The fourth-order valence-corrected chi connectivity index (χ4v) is 4.89. The van der Waals surface area contributed by atoms with Gasteiger partial charge >= 0.3 is 0 Å². The second kappa shape index (κ2) is 8.05. The van der Waals surface area contributed by atoms with Crippen molar-refractivity contribution < 1.29 is 9.59 Å². The molecule has 1 aromatic carbocycles. The summed E-state index contributed by atoms with van der Waals surface area (Å²) in [4.78, 5) is 29.4. The van der Waals surface area contributed by atoms with E-state index in [9.17, 15) is 9.59 Å². The highest BCUT2D eigenvalue weighted by Gasteiger charge is 2.50. The van der Waals surface area contributed by atoms with Gasteiger partial charge in [0.15, 0.2) is 0 Å². The van der Waals surface area contributed by atoms with Crippen molar-refractivity contribution in [2.45, 2.75) is 97.2 Å². The van der Waals surface area contributed by atoms with Gasteiger partial charge in [-0.05, 0) is 56.9 Å². The summed E-state index contributed by atoms with van der Waals surface area (Å²) in [6, 6.07) is 8.00. The Morgan fingerprint density at radius 1 is 1.16 bits per heavy atom. The van der Waals surface area contributed by atoms with Crippen molar-refractivity contribution in [3.63, 3.8) is 0 Å². The molecule has 1 N–H and O–H groups in total. The van der Waals surface area contributed by atoms with Crippen molar-refractivity contribution in [2.75, 3.05) is 4.90 Å². The lowest BCUT2D eigenvalue weighted by Gasteiger charge is -2.44. The number of anilines is 1. The molecule has 172 valence electrons. The predicted molar refractivity (Wildman–Crippen MR) is 127 cm³/mol. The molecule has 0 saturated heterocycles. The van der Waals surface area contributed by atoms with Crippen molar-refractivity contribution in [3.05, 3.63) is 46.8 Å². The summed E-state index contributed by atoms with van der Waals surface area (Å²) in [5.41, 5.74) is 3.05. The molecule has 1 saturated carbocycles. The van der Waals surface area contributed by atoms with Crippen LogP contribution in [-0.4, -0.2) is 33.2 Å². The van der Waals surface area contributed by atoms with Crippen LogP contribution in [0.25, 0.3) is 0 Å². The third-order valence-electron chi connectivity index (χ3n) is 7.17. The SMILES string of the molecule is Cc1cccc(N2C(=O)c3cc(C(C)(C)C)nn3CC2(C)C(=O)NC2CCCCC2)c1C. The maximum Gasteiger partial charge on any atom is 0.277 e. The topological polar surface area (TPSA) is 67.2 Å². The molecule has 0 spiro atoms. The Kier molecular flexibility index (Phi) is 5.68. The quantitative estimate of drug-likeness (QED) is 0.761. The summed E-state index contributed by atoms with van der Waals surface area (Å²) in [5.74, 6) is -0.272. The average molecular weight is 437 g/mol. The molecule has 1 aliphatic carbocycles. The summed E-state index contributed by atoms with van der Waals surface area (Å²) < 4.78 is 1.74. The van der Waals surface area contributed by atoms with Gasteiger partial charge in [0.2, 0.25) is 5.91 Å². The Bertz CT molecular complexity index is 1040. The number of carbonyl (C=O) groups excluding carboxylic acids is 2. The van der Waals surface area contributed by atoms with E-state index in [1.54, 1.807) is 9.58 Å². The number of hydrogen-bond acceptors (Lipinski definition) is 3. The van der Waals surface area contributed by atoms with Gasteiger partial charge in [0.05, 0.1) is 12.2 Å². The predicted octanol–water partition coefficient (Wildman–Crippen LogP) is 4.67. The molecule has 0 bridgehead atoms. The molecule has 1 fully saturated rings. The van der Waals surface area contributed by atoms with Crippen LogP contribution >= 0.6 is 0 Å². The molecule has 32 heavy (non-hydrogen) atoms. The number of hydrogen-bond donors (Lipinski definition) is 1. The number of fused-ring (bicyclic) bond motifs is 1. The largest absolute Gasteiger partial charge is 0.351 e. The number of nitrogens with one attached hydrogen (secondary N) is 1. The van der Waals surface area contributed by atoms with Crippen LogP contribution in [0.3, 0.4) is 0 Å². The van der Waals surface area contributed by atoms with Crippen LogP contribution in [0.2, 0.25) is 0 Å². The van der Waals surface area contributed by atoms with Crippen LogP contribution in [0.1, 0.15) is 87.1 Å². The molecular weight excluding hydrogens is 400 g/mol. The van der Waals surface area contributed by atoms with E-state index in [-0.39, 0.29) is 23.3 Å². The Labute approximate surface area is 191 Å². The fourth-order valence-electron chi connectivity index (χ4n) is 4.89. The van der Waals surface area contributed by atoms with Gasteiger partial charge in [-0.3, -0.25) is 19.2 Å². The maximum absolute atomic E-state index is 13.9. The second-order valence-electron chi connectivity index (χ2n) is 10.8. The number of rotatable bonds is 3. The van der Waals surface area contributed by atoms with Gasteiger partial charge in [-0.15, -0.1) is 0 Å². The van der Waals surface area contributed by atoms with E-state index in [1.165, 1.54) is 6.42 Å². The molecule has 0 radical (unpaired) electrons. The fraction of sp³-hybridized carbons (Fsp3) is 0.577. The minimum absolute atomic E-state index is 0.0999. The van der Waals surface area contributed by atoms with E-state index in [4.69, 9.17) is 5.10 Å². The van der Waals surface area contributed by atoms with Gasteiger partial charge < -0.3 is 5.32 Å². The first-order chi connectivity index (χ1) is 15.0. The number of aromatic nitrogens is 2. The minimum Gasteiger partial charge on any atom is -0.351 e. The van der Waals surface area contributed by atoms with Gasteiger partial charge in [0.1, 0.15) is 11.2 Å². The first-order valence-corrected chi connectivity index (χ1v) is 11.8. The van der Waals surface area contributed by atoms with Crippen LogP contribution in [0, 0.1) is 13.8 Å². The standard InChI is InChI=1S/C26H36N4O2/c1-17-11-10-14-20(18(17)2)30-23(31)21-15-22(25(3,4)5)28-29(21)16-26(30,6)24(32)27-19-12-8-7-9-13-19/h10-11,14-15,19H,7-9,12-13,16H2,1-6H3,(H,27,32). The summed E-state index contributed by atoms with van der Waals surface area (Å²) in [7, 11) is 0. The van der Waals surface area contributed by atoms with Crippen molar-refractivity contribution in [1.29, 1.82) is 0 Å². The maximum atomic E-state index is 13.9. The normalized spacial score (nSPS) is 22.1. The van der Waals surface area contributed by atoms with Gasteiger partial charge in [-0.1, -0.05) is 52.2 Å². The molecule has 1 unspecified atom stereocenters. The summed E-state index contributed by atoms with van der Waals surface area (Å²) in [5, 5.41) is 8.03. The first kappa shape index (κ1) is 22.6. The Hall–Kier alpha value is -2.63. The van der Waals surface area contributed by atoms with Gasteiger partial charge in [-0.25, -0.2) is 0 Å². The van der Waals surface area contributed by atoms with Crippen LogP contribution in [0.5, 0.6) is 0 Å². The zero-order valence-corrected chi connectivity index (χ0v) is 20.3. The van der Waals surface area contributed by atoms with Crippen LogP contribution in [0.4, 0.5) is 5.69 Å². The molecule has 1 atom stereocenters. The van der Waals surface area contributed by atoms with Crippen molar-refractivity contribution in [2.24, 2.45) is 0 Å².